The van der Waals surface area contributed by atoms with Gasteiger partial charge >= 0.3 is 0 Å². The van der Waals surface area contributed by atoms with Gasteiger partial charge in [0.2, 0.25) is 0 Å². The lowest BCUT2D eigenvalue weighted by Crippen LogP contribution is -2.30. The molecule has 21 heavy (non-hydrogen) atoms. The van der Waals surface area contributed by atoms with Crippen LogP contribution in [0, 0.1) is 6.92 Å². The molecule has 6 heteroatoms. The third-order valence-corrected chi connectivity index (χ3v) is 3.09. The molecule has 0 aromatic carbocycles. The van der Waals surface area contributed by atoms with Gasteiger partial charge in [-0.25, -0.2) is 9.97 Å². The van der Waals surface area contributed by atoms with E-state index in [4.69, 9.17) is 4.74 Å². The molecule has 1 rings (SSSR count). The summed E-state index contributed by atoms with van der Waals surface area (Å²) in [7, 11) is 1.61. The number of methoxy groups -OCH3 is 1. The predicted octanol–water partition coefficient (Wildman–Crippen LogP) is 1.93. The molecule has 3 N–H and O–H groups in total. The van der Waals surface area contributed by atoms with Gasteiger partial charge in [-0.1, -0.05) is 20.8 Å². The highest BCUT2D eigenvalue weighted by atomic mass is 16.5. The summed E-state index contributed by atoms with van der Waals surface area (Å²) in [6, 6.07) is -0.189. The van der Waals surface area contributed by atoms with Crippen molar-refractivity contribution in [3.8, 4) is 0 Å². The molecule has 0 saturated carbocycles. The molecule has 1 unspecified atom stereocenters. The molecule has 0 aliphatic rings. The highest BCUT2D eigenvalue weighted by Gasteiger charge is 2.22. The molecule has 1 heterocycles. The van der Waals surface area contributed by atoms with Crippen LogP contribution in [0.25, 0.3) is 0 Å². The van der Waals surface area contributed by atoms with E-state index in [9.17, 15) is 5.11 Å². The maximum atomic E-state index is 9.41. The molecule has 0 aliphatic heterocycles. The number of nitrogens with one attached hydrogen (secondary N) is 2. The van der Waals surface area contributed by atoms with Gasteiger partial charge in [-0.2, -0.15) is 0 Å². The maximum Gasteiger partial charge on any atom is 0.138 e. The number of rotatable bonds is 7. The molecule has 0 bridgehead atoms. The first-order valence-corrected chi connectivity index (χ1v) is 7.32. The molecular weight excluding hydrogens is 268 g/mol. The molecule has 0 fully saturated rings. The van der Waals surface area contributed by atoms with Crippen molar-refractivity contribution < 1.29 is 9.84 Å². The minimum absolute atomic E-state index is 0.0152. The van der Waals surface area contributed by atoms with E-state index >= 15 is 0 Å². The van der Waals surface area contributed by atoms with Crippen LogP contribution in [0.4, 0.5) is 11.6 Å². The Balaban J connectivity index is 3.19. The van der Waals surface area contributed by atoms with Gasteiger partial charge in [0, 0.05) is 24.6 Å². The highest BCUT2D eigenvalue weighted by Crippen LogP contribution is 2.26. The average molecular weight is 296 g/mol. The molecular formula is C15H28N4O2. The Morgan fingerprint density at radius 1 is 1.24 bits per heavy atom. The second-order valence-corrected chi connectivity index (χ2v) is 6.13. The van der Waals surface area contributed by atoms with Gasteiger partial charge in [-0.05, 0) is 13.8 Å². The fourth-order valence-corrected chi connectivity index (χ4v) is 1.87. The summed E-state index contributed by atoms with van der Waals surface area (Å²) in [6.07, 6.45) is 0. The standard InChI is InChI=1S/C15H28N4O2/c1-7-16-12-10(2)13(17-11(8-20)9-21-6)19-14(18-12)15(3,4)5/h11,20H,7-9H2,1-6H3,(H2,16,17,18,19). The average Bonchev–Trinajstić information content (AvgIpc) is 2.41. The number of anilines is 2. The fraction of sp³-hybridized carbons (Fsp3) is 0.733. The van der Waals surface area contributed by atoms with Gasteiger partial charge in [0.05, 0.1) is 19.3 Å². The quantitative estimate of drug-likeness (QED) is 0.713. The van der Waals surface area contributed by atoms with Crippen molar-refractivity contribution in [1.29, 1.82) is 0 Å². The van der Waals surface area contributed by atoms with Crippen LogP contribution in [-0.4, -0.2) is 48.0 Å². The smallest absolute Gasteiger partial charge is 0.138 e. The number of aliphatic hydroxyl groups is 1. The zero-order chi connectivity index (χ0) is 16.0. The van der Waals surface area contributed by atoms with Crippen molar-refractivity contribution in [1.82, 2.24) is 9.97 Å². The van der Waals surface area contributed by atoms with E-state index in [1.54, 1.807) is 7.11 Å². The molecule has 0 aliphatic carbocycles. The van der Waals surface area contributed by atoms with E-state index in [0.29, 0.717) is 6.61 Å². The van der Waals surface area contributed by atoms with Gasteiger partial charge < -0.3 is 20.5 Å². The number of hydrogen-bond donors (Lipinski definition) is 3. The van der Waals surface area contributed by atoms with Crippen molar-refractivity contribution in [2.45, 2.75) is 46.1 Å². The zero-order valence-electron chi connectivity index (χ0n) is 13.9. The second kappa shape index (κ2) is 7.56. The second-order valence-electron chi connectivity index (χ2n) is 6.13. The lowest BCUT2D eigenvalue weighted by atomic mass is 9.95. The summed E-state index contributed by atoms with van der Waals surface area (Å²) in [5, 5.41) is 15.9. The Morgan fingerprint density at radius 2 is 1.86 bits per heavy atom. The largest absolute Gasteiger partial charge is 0.394 e. The van der Waals surface area contributed by atoms with Crippen molar-refractivity contribution in [2.75, 3.05) is 37.5 Å². The van der Waals surface area contributed by atoms with E-state index < -0.39 is 0 Å². The van der Waals surface area contributed by atoms with Gasteiger partial charge in [-0.3, -0.25) is 0 Å². The van der Waals surface area contributed by atoms with Crippen LogP contribution in [0.15, 0.2) is 0 Å². The molecule has 1 atom stereocenters. The Labute approximate surface area is 127 Å². The Morgan fingerprint density at radius 3 is 2.33 bits per heavy atom. The first-order chi connectivity index (χ1) is 9.83. The topological polar surface area (TPSA) is 79.3 Å². The Hall–Kier alpha value is -1.40. The third kappa shape index (κ3) is 4.82. The van der Waals surface area contributed by atoms with E-state index in [1.807, 2.05) is 13.8 Å². The number of ether oxygens (including phenoxy) is 1. The first-order valence-electron chi connectivity index (χ1n) is 7.32. The lowest BCUT2D eigenvalue weighted by Gasteiger charge is -2.23. The molecule has 6 nitrogen and oxygen atoms in total. The summed E-state index contributed by atoms with van der Waals surface area (Å²) >= 11 is 0. The molecule has 120 valence electrons. The van der Waals surface area contributed by atoms with Crippen LogP contribution >= 0.6 is 0 Å². The summed E-state index contributed by atoms with van der Waals surface area (Å²) in [5.41, 5.74) is 0.795. The molecule has 0 saturated heterocycles. The third-order valence-electron chi connectivity index (χ3n) is 3.09. The van der Waals surface area contributed by atoms with Crippen molar-refractivity contribution in [3.05, 3.63) is 11.4 Å². The van der Waals surface area contributed by atoms with Crippen LogP contribution in [0.2, 0.25) is 0 Å². The summed E-state index contributed by atoms with van der Waals surface area (Å²) < 4.78 is 5.10. The van der Waals surface area contributed by atoms with Crippen molar-refractivity contribution >= 4 is 11.6 Å². The van der Waals surface area contributed by atoms with E-state index in [0.717, 1.165) is 29.6 Å². The van der Waals surface area contributed by atoms with E-state index in [2.05, 4.69) is 41.4 Å². The van der Waals surface area contributed by atoms with E-state index in [-0.39, 0.29) is 18.1 Å². The van der Waals surface area contributed by atoms with Crippen LogP contribution in [0.1, 0.15) is 39.1 Å². The Kier molecular flexibility index (Phi) is 6.36. The minimum atomic E-state index is -0.189. The normalized spacial score (nSPS) is 13.1. The van der Waals surface area contributed by atoms with Crippen LogP contribution in [-0.2, 0) is 10.2 Å². The number of hydrogen-bond acceptors (Lipinski definition) is 6. The maximum absolute atomic E-state index is 9.41. The molecule has 0 radical (unpaired) electrons. The van der Waals surface area contributed by atoms with Crippen LogP contribution in [0.3, 0.4) is 0 Å². The van der Waals surface area contributed by atoms with Crippen LogP contribution in [0.5, 0.6) is 0 Å². The molecule has 0 amide bonds. The molecule has 0 spiro atoms. The zero-order valence-corrected chi connectivity index (χ0v) is 13.9. The van der Waals surface area contributed by atoms with E-state index in [1.165, 1.54) is 0 Å². The SMILES string of the molecule is CCNc1nc(C(C)(C)C)nc(NC(CO)COC)c1C. The molecule has 1 aromatic heterocycles. The first kappa shape index (κ1) is 17.7. The number of nitrogens with zero attached hydrogens (tertiary/aromatic N) is 2. The highest BCUT2D eigenvalue weighted by molar-refractivity contribution is 5.58. The van der Waals surface area contributed by atoms with Crippen molar-refractivity contribution in [2.24, 2.45) is 0 Å². The van der Waals surface area contributed by atoms with Crippen LogP contribution < -0.4 is 10.6 Å². The van der Waals surface area contributed by atoms with Crippen molar-refractivity contribution in [3.63, 3.8) is 0 Å². The summed E-state index contributed by atoms with van der Waals surface area (Å²) in [5.74, 6) is 2.33. The van der Waals surface area contributed by atoms with Gasteiger partial charge in [-0.15, -0.1) is 0 Å². The molecule has 1 aromatic rings. The number of aromatic nitrogens is 2. The summed E-state index contributed by atoms with van der Waals surface area (Å²) in [6.45, 7) is 11.4. The van der Waals surface area contributed by atoms with Gasteiger partial charge in [0.1, 0.15) is 17.5 Å². The lowest BCUT2D eigenvalue weighted by molar-refractivity contribution is 0.153. The summed E-state index contributed by atoms with van der Waals surface area (Å²) in [4.78, 5) is 9.24. The number of aliphatic hydroxyl groups excluding tert-OH is 1. The Bertz CT molecular complexity index is 458. The fourth-order valence-electron chi connectivity index (χ4n) is 1.87. The van der Waals surface area contributed by atoms with Gasteiger partial charge in [0.15, 0.2) is 0 Å². The minimum Gasteiger partial charge on any atom is -0.394 e. The predicted molar refractivity (Wildman–Crippen MR) is 86.0 cm³/mol. The monoisotopic (exact) mass is 296 g/mol. The van der Waals surface area contributed by atoms with Gasteiger partial charge in [0.25, 0.3) is 0 Å².